The lowest BCUT2D eigenvalue weighted by atomic mass is 9.94. The van der Waals surface area contributed by atoms with E-state index in [4.69, 9.17) is 27.9 Å². The van der Waals surface area contributed by atoms with Crippen LogP contribution in [-0.2, 0) is 9.53 Å². The van der Waals surface area contributed by atoms with Crippen LogP contribution in [0.5, 0.6) is 0 Å². The molecular formula is C27H29Cl2FN4O4. The van der Waals surface area contributed by atoms with Crippen molar-refractivity contribution >= 4 is 41.1 Å². The molecule has 4 rings (SSSR count). The van der Waals surface area contributed by atoms with Gasteiger partial charge in [-0.3, -0.25) is 14.6 Å². The molecule has 8 nitrogen and oxygen atoms in total. The van der Waals surface area contributed by atoms with Gasteiger partial charge in [0.2, 0.25) is 0 Å². The van der Waals surface area contributed by atoms with Crippen LogP contribution in [0.1, 0.15) is 35.3 Å². The number of carbonyl (C=O) groups is 3. The summed E-state index contributed by atoms with van der Waals surface area (Å²) in [7, 11) is 1.60. The summed E-state index contributed by atoms with van der Waals surface area (Å²) in [5.41, 5.74) is 1.69. The molecule has 1 fully saturated rings. The largest absolute Gasteiger partial charge is 0.463 e. The molecule has 1 unspecified atom stereocenters. The van der Waals surface area contributed by atoms with Crippen LogP contribution in [0, 0.1) is 5.82 Å². The second-order valence-corrected chi connectivity index (χ2v) is 9.88. The number of hydrogen-bond acceptors (Lipinski definition) is 5. The topological polar surface area (TPSA) is 82.2 Å². The van der Waals surface area contributed by atoms with E-state index in [9.17, 15) is 18.8 Å². The fraction of sp³-hybridized carbons (Fsp3) is 0.370. The van der Waals surface area contributed by atoms with E-state index in [0.29, 0.717) is 54.4 Å². The molecule has 0 bridgehead atoms. The third-order valence-corrected chi connectivity index (χ3v) is 7.54. The molecule has 2 aliphatic rings. The fourth-order valence-corrected chi connectivity index (χ4v) is 5.11. The molecule has 0 radical (unpaired) electrons. The third-order valence-electron chi connectivity index (χ3n) is 6.70. The molecule has 2 heterocycles. The second kappa shape index (κ2) is 12.1. The minimum Gasteiger partial charge on any atom is -0.463 e. The van der Waals surface area contributed by atoms with Gasteiger partial charge in [0.25, 0.3) is 5.91 Å². The molecule has 0 spiro atoms. The number of nitrogens with zero attached hydrogens (tertiary/aromatic N) is 3. The number of carbonyl (C=O) groups excluding carboxylic acids is 3. The van der Waals surface area contributed by atoms with E-state index in [1.54, 1.807) is 37.1 Å². The lowest BCUT2D eigenvalue weighted by Gasteiger charge is -2.37. The predicted molar refractivity (Wildman–Crippen MR) is 143 cm³/mol. The van der Waals surface area contributed by atoms with E-state index >= 15 is 0 Å². The van der Waals surface area contributed by atoms with Crippen LogP contribution in [0.4, 0.5) is 9.18 Å². The number of nitrogens with one attached hydrogen (secondary N) is 1. The van der Waals surface area contributed by atoms with E-state index in [2.05, 4.69) is 10.2 Å². The Bertz CT molecular complexity index is 1250. The van der Waals surface area contributed by atoms with Crippen molar-refractivity contribution in [3.05, 3.63) is 80.7 Å². The zero-order chi connectivity index (χ0) is 27.4. The van der Waals surface area contributed by atoms with Crippen molar-refractivity contribution in [2.45, 2.75) is 19.4 Å². The van der Waals surface area contributed by atoms with Crippen molar-refractivity contribution in [3.63, 3.8) is 0 Å². The Morgan fingerprint density at radius 3 is 2.53 bits per heavy atom. The SMILES string of the molecule is CCOC(=O)C1=C(CN2CCCN(C(=O)c3ccc(F)cc3)CC2)N(C)C(=O)NC1c1cccc(Cl)c1Cl. The molecular weight excluding hydrogens is 534 g/mol. The summed E-state index contributed by atoms with van der Waals surface area (Å²) in [6, 6.07) is 9.32. The molecule has 2 aliphatic heterocycles. The van der Waals surface area contributed by atoms with Crippen LogP contribution >= 0.6 is 23.2 Å². The summed E-state index contributed by atoms with van der Waals surface area (Å²) in [5.74, 6) is -1.12. The third kappa shape index (κ3) is 5.95. The molecule has 1 saturated heterocycles. The highest BCUT2D eigenvalue weighted by atomic mass is 35.5. The maximum absolute atomic E-state index is 13.3. The van der Waals surface area contributed by atoms with Crippen LogP contribution in [0.3, 0.4) is 0 Å². The number of urea groups is 1. The summed E-state index contributed by atoms with van der Waals surface area (Å²) < 4.78 is 18.7. The number of halogens is 3. The lowest BCUT2D eigenvalue weighted by molar-refractivity contribution is -0.139. The van der Waals surface area contributed by atoms with Crippen molar-refractivity contribution in [1.29, 1.82) is 0 Å². The summed E-state index contributed by atoms with van der Waals surface area (Å²) >= 11 is 12.7. The van der Waals surface area contributed by atoms with Gasteiger partial charge in [0.15, 0.2) is 0 Å². The van der Waals surface area contributed by atoms with Gasteiger partial charge in [-0.1, -0.05) is 35.3 Å². The average Bonchev–Trinajstić information content (AvgIpc) is 3.14. The van der Waals surface area contributed by atoms with Gasteiger partial charge < -0.3 is 15.0 Å². The number of hydrogen-bond donors (Lipinski definition) is 1. The monoisotopic (exact) mass is 562 g/mol. The van der Waals surface area contributed by atoms with E-state index in [0.717, 1.165) is 0 Å². The molecule has 0 aromatic heterocycles. The smallest absolute Gasteiger partial charge is 0.338 e. The van der Waals surface area contributed by atoms with Gasteiger partial charge in [0, 0.05) is 51.0 Å². The Labute approximate surface area is 230 Å². The molecule has 38 heavy (non-hydrogen) atoms. The molecule has 2 aromatic carbocycles. The van der Waals surface area contributed by atoms with Gasteiger partial charge in [-0.25, -0.2) is 14.0 Å². The maximum Gasteiger partial charge on any atom is 0.338 e. The maximum atomic E-state index is 13.3. The highest BCUT2D eigenvalue weighted by molar-refractivity contribution is 6.42. The molecule has 0 aliphatic carbocycles. The van der Waals surface area contributed by atoms with Crippen LogP contribution in [0.2, 0.25) is 10.0 Å². The highest BCUT2D eigenvalue weighted by Gasteiger charge is 2.38. The predicted octanol–water partition coefficient (Wildman–Crippen LogP) is 4.49. The number of rotatable bonds is 6. The minimum absolute atomic E-state index is 0.160. The normalized spacial score (nSPS) is 18.8. The number of esters is 1. The fourth-order valence-electron chi connectivity index (χ4n) is 4.69. The molecule has 1 N–H and O–H groups in total. The van der Waals surface area contributed by atoms with Gasteiger partial charge in [-0.15, -0.1) is 0 Å². The number of ether oxygens (including phenoxy) is 1. The van der Waals surface area contributed by atoms with Crippen LogP contribution < -0.4 is 5.32 Å². The Balaban J connectivity index is 1.61. The van der Waals surface area contributed by atoms with Crippen LogP contribution in [-0.4, -0.2) is 79.0 Å². The molecule has 0 saturated carbocycles. The number of benzene rings is 2. The van der Waals surface area contributed by atoms with Crippen molar-refractivity contribution in [2.75, 3.05) is 46.4 Å². The zero-order valence-electron chi connectivity index (χ0n) is 21.2. The highest BCUT2D eigenvalue weighted by Crippen LogP contribution is 2.37. The summed E-state index contributed by atoms with van der Waals surface area (Å²) in [6.07, 6.45) is 0.689. The Morgan fingerprint density at radius 2 is 1.82 bits per heavy atom. The standard InChI is InChI=1S/C27H29Cl2FN4O4/c1-3-38-26(36)22-21(32(2)27(37)31-24(22)19-6-4-7-20(28)23(19)29)16-33-12-5-13-34(15-14-33)25(35)17-8-10-18(30)11-9-17/h4,6-11,24H,3,5,12-16H2,1-2H3,(H,31,37). The molecule has 1 atom stereocenters. The summed E-state index contributed by atoms with van der Waals surface area (Å²) in [5, 5.41) is 3.40. The Morgan fingerprint density at radius 1 is 1.08 bits per heavy atom. The van der Waals surface area contributed by atoms with Gasteiger partial charge in [0.1, 0.15) is 5.82 Å². The number of amides is 3. The Kier molecular flexibility index (Phi) is 8.91. The van der Waals surface area contributed by atoms with Gasteiger partial charge >= 0.3 is 12.0 Å². The van der Waals surface area contributed by atoms with E-state index in [1.165, 1.54) is 29.2 Å². The number of likely N-dealkylation sites (N-methyl/N-ethyl adjacent to an activating group) is 1. The summed E-state index contributed by atoms with van der Waals surface area (Å²) in [6.45, 7) is 4.30. The van der Waals surface area contributed by atoms with Crippen molar-refractivity contribution in [2.24, 2.45) is 0 Å². The van der Waals surface area contributed by atoms with Crippen molar-refractivity contribution in [3.8, 4) is 0 Å². The van der Waals surface area contributed by atoms with Crippen LogP contribution in [0.25, 0.3) is 0 Å². The Hall–Kier alpha value is -3.14. The second-order valence-electron chi connectivity index (χ2n) is 9.09. The van der Waals surface area contributed by atoms with Crippen molar-refractivity contribution < 1.29 is 23.5 Å². The molecule has 202 valence electrons. The first kappa shape index (κ1) is 27.9. The van der Waals surface area contributed by atoms with E-state index in [-0.39, 0.29) is 29.7 Å². The first-order valence-electron chi connectivity index (χ1n) is 12.4. The lowest BCUT2D eigenvalue weighted by Crippen LogP contribution is -2.49. The van der Waals surface area contributed by atoms with Crippen LogP contribution in [0.15, 0.2) is 53.7 Å². The minimum atomic E-state index is -0.845. The van der Waals surface area contributed by atoms with E-state index < -0.39 is 23.9 Å². The zero-order valence-corrected chi connectivity index (χ0v) is 22.7. The van der Waals surface area contributed by atoms with E-state index in [1.807, 2.05) is 0 Å². The average molecular weight is 563 g/mol. The quantitative estimate of drug-likeness (QED) is 0.524. The van der Waals surface area contributed by atoms with Gasteiger partial charge in [-0.05, 0) is 49.2 Å². The van der Waals surface area contributed by atoms with Gasteiger partial charge in [-0.2, -0.15) is 0 Å². The molecule has 2 aromatic rings. The molecule has 3 amide bonds. The summed E-state index contributed by atoms with van der Waals surface area (Å²) in [4.78, 5) is 44.4. The first-order chi connectivity index (χ1) is 18.2. The first-order valence-corrected chi connectivity index (χ1v) is 13.1. The molecule has 11 heteroatoms. The van der Waals surface area contributed by atoms with Crippen molar-refractivity contribution in [1.82, 2.24) is 20.0 Å². The van der Waals surface area contributed by atoms with Gasteiger partial charge in [0.05, 0.1) is 28.3 Å².